The molecule has 2 aromatic rings. The molecule has 0 saturated heterocycles. The molecule has 0 aliphatic heterocycles. The van der Waals surface area contributed by atoms with Crippen molar-refractivity contribution in [1.82, 2.24) is 5.32 Å². The minimum Gasteiger partial charge on any atom is -0.388 e. The fraction of sp³-hybridized carbons (Fsp3) is 0.312. The Morgan fingerprint density at radius 1 is 1.17 bits per heavy atom. The van der Waals surface area contributed by atoms with Gasteiger partial charge in [0.2, 0.25) is 5.91 Å². The number of carbonyl (C=O) groups is 1. The van der Waals surface area contributed by atoms with Gasteiger partial charge in [-0.2, -0.15) is 0 Å². The maximum absolute atomic E-state index is 12.1. The van der Waals surface area contributed by atoms with Gasteiger partial charge in [-0.15, -0.1) is 11.3 Å². The number of rotatable bonds is 8. The fourth-order valence-corrected chi connectivity index (χ4v) is 4.04. The lowest BCUT2D eigenvalue weighted by molar-refractivity contribution is -0.120. The maximum atomic E-state index is 12.1. The molecule has 1 aromatic carbocycles. The molecule has 1 unspecified atom stereocenters. The van der Waals surface area contributed by atoms with E-state index in [4.69, 9.17) is 0 Å². The van der Waals surface area contributed by atoms with Crippen LogP contribution in [0.1, 0.15) is 23.8 Å². The second kappa shape index (κ2) is 8.24. The van der Waals surface area contributed by atoms with Crippen LogP contribution in [-0.4, -0.2) is 31.7 Å². The normalized spacial score (nSPS) is 12.7. The van der Waals surface area contributed by atoms with Gasteiger partial charge in [-0.3, -0.25) is 4.79 Å². The molecular weight excluding hydrogens is 334 g/mol. The molecule has 0 aliphatic carbocycles. The van der Waals surface area contributed by atoms with Crippen molar-refractivity contribution < 1.29 is 18.3 Å². The van der Waals surface area contributed by atoms with Gasteiger partial charge in [0.15, 0.2) is 9.84 Å². The zero-order chi connectivity index (χ0) is 16.7. The number of carbonyl (C=O) groups excluding carboxylic acids is 1. The number of thiophene rings is 1. The Morgan fingerprint density at radius 3 is 2.57 bits per heavy atom. The minimum absolute atomic E-state index is 0.0909. The molecule has 2 N–H and O–H groups in total. The highest BCUT2D eigenvalue weighted by Crippen LogP contribution is 2.20. The molecule has 0 spiro atoms. The molecule has 1 atom stereocenters. The number of hydrogen-bond acceptors (Lipinski definition) is 5. The monoisotopic (exact) mass is 353 g/mol. The van der Waals surface area contributed by atoms with Gasteiger partial charge >= 0.3 is 0 Å². The first-order chi connectivity index (χ1) is 11.0. The molecule has 0 radical (unpaired) electrons. The van der Waals surface area contributed by atoms with Crippen LogP contribution >= 0.6 is 11.3 Å². The summed E-state index contributed by atoms with van der Waals surface area (Å²) in [6.07, 6.45) is -0.298. The first-order valence-electron chi connectivity index (χ1n) is 7.25. The largest absolute Gasteiger partial charge is 0.388 e. The van der Waals surface area contributed by atoms with Gasteiger partial charge in [-0.05, 0) is 30.0 Å². The van der Waals surface area contributed by atoms with Crippen LogP contribution < -0.4 is 5.32 Å². The zero-order valence-corrected chi connectivity index (χ0v) is 14.1. The summed E-state index contributed by atoms with van der Waals surface area (Å²) in [4.78, 5) is 12.8. The quantitative estimate of drug-likeness (QED) is 0.762. The van der Waals surface area contributed by atoms with Crippen LogP contribution in [0.15, 0.2) is 52.7 Å². The molecule has 1 heterocycles. The van der Waals surface area contributed by atoms with Crippen molar-refractivity contribution in [2.75, 3.05) is 12.3 Å². The lowest BCUT2D eigenvalue weighted by atomic mass is 10.2. The van der Waals surface area contributed by atoms with Crippen molar-refractivity contribution in [3.05, 3.63) is 52.7 Å². The highest BCUT2D eigenvalue weighted by molar-refractivity contribution is 7.91. The first-order valence-corrected chi connectivity index (χ1v) is 9.78. The van der Waals surface area contributed by atoms with Crippen molar-refractivity contribution in [3.63, 3.8) is 0 Å². The van der Waals surface area contributed by atoms with E-state index in [-0.39, 0.29) is 23.0 Å². The van der Waals surface area contributed by atoms with E-state index in [2.05, 4.69) is 5.32 Å². The van der Waals surface area contributed by atoms with Crippen LogP contribution in [0.4, 0.5) is 0 Å². The minimum atomic E-state index is -3.44. The highest BCUT2D eigenvalue weighted by Gasteiger charge is 2.16. The summed E-state index contributed by atoms with van der Waals surface area (Å²) in [7, 11) is -3.44. The first kappa shape index (κ1) is 17.7. The molecule has 0 saturated carbocycles. The van der Waals surface area contributed by atoms with Gasteiger partial charge in [0.1, 0.15) is 0 Å². The summed E-state index contributed by atoms with van der Waals surface area (Å²) in [5.74, 6) is -0.557. The second-order valence-electron chi connectivity index (χ2n) is 5.05. The molecule has 1 amide bonds. The number of aliphatic hydroxyl groups excluding tert-OH is 1. The predicted octanol–water partition coefficient (Wildman–Crippen LogP) is 2.15. The Kier molecular flexibility index (Phi) is 6.32. The Balaban J connectivity index is 1.73. The van der Waals surface area contributed by atoms with Gasteiger partial charge in [0.05, 0.1) is 16.8 Å². The number of benzene rings is 1. The lowest BCUT2D eigenvalue weighted by Crippen LogP contribution is -2.27. The molecular formula is C16H19NO4S2. The van der Waals surface area contributed by atoms with Crippen LogP contribution in [0.5, 0.6) is 0 Å². The summed E-state index contributed by atoms with van der Waals surface area (Å²) in [6.45, 7) is 0.309. The average Bonchev–Trinajstić information content (AvgIpc) is 3.08. The Morgan fingerprint density at radius 2 is 1.91 bits per heavy atom. The van der Waals surface area contributed by atoms with E-state index in [1.54, 1.807) is 18.2 Å². The van der Waals surface area contributed by atoms with Gasteiger partial charge in [-0.25, -0.2) is 8.42 Å². The van der Waals surface area contributed by atoms with Crippen LogP contribution in [0.3, 0.4) is 0 Å². The van der Waals surface area contributed by atoms with Crippen LogP contribution in [0.25, 0.3) is 0 Å². The topological polar surface area (TPSA) is 83.5 Å². The van der Waals surface area contributed by atoms with Crippen molar-refractivity contribution in [1.29, 1.82) is 0 Å². The van der Waals surface area contributed by atoms with Crippen LogP contribution in [-0.2, 0) is 14.6 Å². The summed E-state index contributed by atoms with van der Waals surface area (Å²) in [6, 6.07) is 11.8. The second-order valence-corrected chi connectivity index (χ2v) is 8.14. The van der Waals surface area contributed by atoms with Crippen molar-refractivity contribution >= 4 is 27.1 Å². The molecule has 23 heavy (non-hydrogen) atoms. The van der Waals surface area contributed by atoms with E-state index in [1.165, 1.54) is 23.5 Å². The van der Waals surface area contributed by atoms with Gasteiger partial charge in [0, 0.05) is 17.8 Å². The number of aliphatic hydroxyl groups is 1. The third-order valence-corrected chi connectivity index (χ3v) is 6.02. The number of hydrogen-bond donors (Lipinski definition) is 2. The smallest absolute Gasteiger partial charge is 0.221 e. The molecule has 0 fully saturated rings. The molecule has 1 aromatic heterocycles. The van der Waals surface area contributed by atoms with E-state index in [0.717, 1.165) is 4.88 Å². The molecule has 2 rings (SSSR count). The van der Waals surface area contributed by atoms with Gasteiger partial charge < -0.3 is 10.4 Å². The maximum Gasteiger partial charge on any atom is 0.221 e. The third kappa shape index (κ3) is 5.46. The summed E-state index contributed by atoms with van der Waals surface area (Å²) in [5, 5.41) is 14.4. The van der Waals surface area contributed by atoms with E-state index in [0.29, 0.717) is 13.0 Å². The Hall–Kier alpha value is -1.70. The van der Waals surface area contributed by atoms with E-state index in [1.807, 2.05) is 17.5 Å². The van der Waals surface area contributed by atoms with Gasteiger partial charge in [-0.1, -0.05) is 24.3 Å². The highest BCUT2D eigenvalue weighted by atomic mass is 32.2. The number of amides is 1. The van der Waals surface area contributed by atoms with E-state index < -0.39 is 15.9 Å². The average molecular weight is 353 g/mol. The van der Waals surface area contributed by atoms with Crippen LogP contribution in [0.2, 0.25) is 0 Å². The molecule has 7 heteroatoms. The number of sulfone groups is 1. The molecule has 124 valence electrons. The Labute approximate surface area is 139 Å². The zero-order valence-electron chi connectivity index (χ0n) is 12.5. The molecule has 0 aliphatic rings. The molecule has 0 bridgehead atoms. The van der Waals surface area contributed by atoms with Crippen LogP contribution in [0, 0.1) is 0 Å². The van der Waals surface area contributed by atoms with E-state index >= 15 is 0 Å². The third-order valence-electron chi connectivity index (χ3n) is 3.31. The number of nitrogens with one attached hydrogen (secondary N) is 1. The summed E-state index contributed by atoms with van der Waals surface area (Å²) < 4.78 is 24.1. The SMILES string of the molecule is O=C(CCS(=O)(=O)c1ccccc1)NCCC(O)c1cccs1. The Bertz CT molecular complexity index is 712. The summed E-state index contributed by atoms with van der Waals surface area (Å²) >= 11 is 1.46. The van der Waals surface area contributed by atoms with Gasteiger partial charge in [0.25, 0.3) is 0 Å². The standard InChI is InChI=1S/C16H19NO4S2/c18-14(15-7-4-11-22-15)8-10-17-16(19)9-12-23(20,21)13-5-2-1-3-6-13/h1-7,11,14,18H,8-10,12H2,(H,17,19). The predicted molar refractivity (Wildman–Crippen MR) is 90.0 cm³/mol. The van der Waals surface area contributed by atoms with E-state index in [9.17, 15) is 18.3 Å². The van der Waals surface area contributed by atoms with Crippen molar-refractivity contribution in [2.24, 2.45) is 0 Å². The fourth-order valence-electron chi connectivity index (χ4n) is 2.03. The van der Waals surface area contributed by atoms with Crippen molar-refractivity contribution in [2.45, 2.75) is 23.8 Å². The lowest BCUT2D eigenvalue weighted by Gasteiger charge is -2.10. The van der Waals surface area contributed by atoms with Crippen molar-refractivity contribution in [3.8, 4) is 0 Å². The summed E-state index contributed by atoms with van der Waals surface area (Å²) in [5.41, 5.74) is 0. The molecule has 5 nitrogen and oxygen atoms in total.